The van der Waals surface area contributed by atoms with Crippen molar-refractivity contribution in [2.45, 2.75) is 31.7 Å². The summed E-state index contributed by atoms with van der Waals surface area (Å²) in [6.07, 6.45) is 5.15. The first-order valence-corrected chi connectivity index (χ1v) is 6.61. The highest BCUT2D eigenvalue weighted by Crippen LogP contribution is 2.22. The van der Waals surface area contributed by atoms with Gasteiger partial charge < -0.3 is 5.73 Å². The molecule has 0 aliphatic rings. The maximum Gasteiger partial charge on any atom is 0.241 e. The number of anilines is 1. The Morgan fingerprint density at radius 3 is 2.53 bits per heavy atom. The molecule has 1 atom stereocenters. The molecule has 0 aromatic heterocycles. The second kappa shape index (κ2) is 4.78. The van der Waals surface area contributed by atoms with Crippen LogP contribution in [0, 0.1) is 26.2 Å². The fourth-order valence-electron chi connectivity index (χ4n) is 1.46. The van der Waals surface area contributed by atoms with Crippen LogP contribution in [0.25, 0.3) is 0 Å². The molecule has 0 spiro atoms. The van der Waals surface area contributed by atoms with Crippen LogP contribution < -0.4 is 10.5 Å². The van der Waals surface area contributed by atoms with Gasteiger partial charge in [0.15, 0.2) is 0 Å². The van der Waals surface area contributed by atoms with E-state index in [1.54, 1.807) is 19.9 Å². The Bertz CT molecular complexity index is 571. The fourth-order valence-corrected chi connectivity index (χ4v) is 2.98. The van der Waals surface area contributed by atoms with Crippen LogP contribution in [-0.2, 0) is 10.0 Å². The van der Waals surface area contributed by atoms with Crippen molar-refractivity contribution in [3.8, 4) is 12.3 Å². The molecular weight excluding hydrogens is 236 g/mol. The lowest BCUT2D eigenvalue weighted by Gasteiger charge is -2.13. The van der Waals surface area contributed by atoms with Crippen molar-refractivity contribution >= 4 is 15.7 Å². The van der Waals surface area contributed by atoms with Gasteiger partial charge in [-0.1, -0.05) is 5.92 Å². The normalized spacial score (nSPS) is 13.1. The second-order valence-electron chi connectivity index (χ2n) is 3.97. The maximum atomic E-state index is 12.1. The van der Waals surface area contributed by atoms with E-state index in [-0.39, 0.29) is 4.90 Å². The highest BCUT2D eigenvalue weighted by molar-refractivity contribution is 7.89. The topological polar surface area (TPSA) is 72.2 Å². The van der Waals surface area contributed by atoms with Gasteiger partial charge in [0.05, 0.1) is 10.9 Å². The van der Waals surface area contributed by atoms with E-state index in [1.165, 1.54) is 6.07 Å². The first-order valence-electron chi connectivity index (χ1n) is 5.13. The van der Waals surface area contributed by atoms with Crippen molar-refractivity contribution in [2.75, 3.05) is 5.73 Å². The third-order valence-corrected chi connectivity index (χ3v) is 4.18. The van der Waals surface area contributed by atoms with Crippen molar-refractivity contribution in [3.05, 3.63) is 23.3 Å². The van der Waals surface area contributed by atoms with Crippen LogP contribution >= 0.6 is 0 Å². The molecule has 1 unspecified atom stereocenters. The highest BCUT2D eigenvalue weighted by atomic mass is 32.2. The van der Waals surface area contributed by atoms with Gasteiger partial charge in [0.25, 0.3) is 0 Å². The Balaban J connectivity index is 3.30. The minimum atomic E-state index is -3.62. The summed E-state index contributed by atoms with van der Waals surface area (Å²) < 4.78 is 26.5. The number of terminal acetylenes is 1. The molecule has 5 heteroatoms. The Morgan fingerprint density at radius 1 is 1.41 bits per heavy atom. The number of hydrogen-bond donors (Lipinski definition) is 2. The lowest BCUT2D eigenvalue weighted by atomic mass is 10.1. The van der Waals surface area contributed by atoms with Crippen LogP contribution in [0.5, 0.6) is 0 Å². The molecule has 0 bridgehead atoms. The molecule has 0 saturated heterocycles. The fraction of sp³-hybridized carbons (Fsp3) is 0.333. The predicted octanol–water partition coefficient (Wildman–Crippen LogP) is 1.19. The summed E-state index contributed by atoms with van der Waals surface area (Å²) in [4.78, 5) is 0.178. The summed E-state index contributed by atoms with van der Waals surface area (Å²) in [6.45, 7) is 5.16. The average Bonchev–Trinajstić information content (AvgIpc) is 2.22. The van der Waals surface area contributed by atoms with Crippen molar-refractivity contribution in [1.29, 1.82) is 0 Å². The molecule has 1 rings (SSSR count). The number of benzene rings is 1. The van der Waals surface area contributed by atoms with Crippen molar-refractivity contribution < 1.29 is 8.42 Å². The van der Waals surface area contributed by atoms with E-state index in [0.717, 1.165) is 5.56 Å². The molecule has 92 valence electrons. The number of nitrogen functional groups attached to an aromatic ring is 1. The van der Waals surface area contributed by atoms with Crippen LogP contribution in [-0.4, -0.2) is 14.5 Å². The zero-order valence-electron chi connectivity index (χ0n) is 10.1. The molecule has 0 heterocycles. The van der Waals surface area contributed by atoms with Gasteiger partial charge in [0.2, 0.25) is 10.0 Å². The van der Waals surface area contributed by atoms with Crippen LogP contribution in [0.15, 0.2) is 17.0 Å². The van der Waals surface area contributed by atoms with Crippen LogP contribution in [0.2, 0.25) is 0 Å². The van der Waals surface area contributed by atoms with E-state index in [2.05, 4.69) is 10.6 Å². The summed E-state index contributed by atoms with van der Waals surface area (Å²) in [5.41, 5.74) is 7.58. The maximum absolute atomic E-state index is 12.1. The van der Waals surface area contributed by atoms with Gasteiger partial charge in [-0.15, -0.1) is 6.42 Å². The minimum absolute atomic E-state index is 0.178. The van der Waals surface area contributed by atoms with Gasteiger partial charge in [0, 0.05) is 5.69 Å². The summed E-state index contributed by atoms with van der Waals surface area (Å²) in [6, 6.07) is 2.62. The van der Waals surface area contributed by atoms with Crippen LogP contribution in [0.1, 0.15) is 18.1 Å². The van der Waals surface area contributed by atoms with Crippen molar-refractivity contribution in [2.24, 2.45) is 0 Å². The third-order valence-electron chi connectivity index (χ3n) is 2.51. The Labute approximate surface area is 102 Å². The summed E-state index contributed by atoms with van der Waals surface area (Å²) in [5.74, 6) is 2.32. The number of nitrogens with one attached hydrogen (secondary N) is 1. The molecule has 0 fully saturated rings. The standard InChI is InChI=1S/C12H16N2O2S/c1-5-9(3)14-17(15,16)12-7-11(13)6-8(2)10(12)4/h1,6-7,9,14H,13H2,2-4H3. The smallest absolute Gasteiger partial charge is 0.241 e. The highest BCUT2D eigenvalue weighted by Gasteiger charge is 2.20. The second-order valence-corrected chi connectivity index (χ2v) is 5.65. The van der Waals surface area contributed by atoms with Gasteiger partial charge in [-0.25, -0.2) is 8.42 Å². The van der Waals surface area contributed by atoms with E-state index in [0.29, 0.717) is 11.3 Å². The van der Waals surface area contributed by atoms with E-state index >= 15 is 0 Å². The van der Waals surface area contributed by atoms with Gasteiger partial charge in [-0.3, -0.25) is 0 Å². The van der Waals surface area contributed by atoms with Gasteiger partial charge in [-0.05, 0) is 44.0 Å². The summed E-state index contributed by atoms with van der Waals surface area (Å²) in [5, 5.41) is 0. The number of aryl methyl sites for hydroxylation is 1. The largest absolute Gasteiger partial charge is 0.399 e. The number of rotatable bonds is 3. The summed E-state index contributed by atoms with van der Waals surface area (Å²) in [7, 11) is -3.62. The van der Waals surface area contributed by atoms with Crippen LogP contribution in [0.3, 0.4) is 0 Å². The molecule has 0 amide bonds. The number of nitrogens with two attached hydrogens (primary N) is 1. The zero-order chi connectivity index (χ0) is 13.2. The average molecular weight is 252 g/mol. The molecule has 0 aliphatic heterocycles. The molecule has 1 aromatic carbocycles. The van der Waals surface area contributed by atoms with E-state index in [1.807, 2.05) is 6.92 Å². The van der Waals surface area contributed by atoms with Crippen molar-refractivity contribution in [3.63, 3.8) is 0 Å². The summed E-state index contributed by atoms with van der Waals surface area (Å²) >= 11 is 0. The SMILES string of the molecule is C#CC(C)NS(=O)(=O)c1cc(N)cc(C)c1C. The van der Waals surface area contributed by atoms with E-state index in [4.69, 9.17) is 12.2 Å². The molecule has 0 saturated carbocycles. The van der Waals surface area contributed by atoms with E-state index < -0.39 is 16.1 Å². The Hall–Kier alpha value is -1.51. The molecule has 17 heavy (non-hydrogen) atoms. The molecule has 4 nitrogen and oxygen atoms in total. The van der Waals surface area contributed by atoms with Crippen molar-refractivity contribution in [1.82, 2.24) is 4.72 Å². The first-order chi connectivity index (χ1) is 7.77. The number of sulfonamides is 1. The molecule has 1 aromatic rings. The van der Waals surface area contributed by atoms with E-state index in [9.17, 15) is 8.42 Å². The zero-order valence-corrected chi connectivity index (χ0v) is 10.9. The quantitative estimate of drug-likeness (QED) is 0.627. The lowest BCUT2D eigenvalue weighted by molar-refractivity contribution is 0.577. The molecule has 0 radical (unpaired) electrons. The first kappa shape index (κ1) is 13.6. The third kappa shape index (κ3) is 2.99. The molecule has 3 N–H and O–H groups in total. The van der Waals surface area contributed by atoms with Gasteiger partial charge >= 0.3 is 0 Å². The minimum Gasteiger partial charge on any atom is -0.399 e. The lowest BCUT2D eigenvalue weighted by Crippen LogP contribution is -2.32. The predicted molar refractivity (Wildman–Crippen MR) is 68.9 cm³/mol. The molecular formula is C12H16N2O2S. The van der Waals surface area contributed by atoms with Crippen LogP contribution in [0.4, 0.5) is 5.69 Å². The van der Waals surface area contributed by atoms with Gasteiger partial charge in [-0.2, -0.15) is 4.72 Å². The monoisotopic (exact) mass is 252 g/mol. The number of hydrogen-bond acceptors (Lipinski definition) is 3. The van der Waals surface area contributed by atoms with Gasteiger partial charge in [0.1, 0.15) is 0 Å². The molecule has 0 aliphatic carbocycles. The Kier molecular flexibility index (Phi) is 3.81. The Morgan fingerprint density at radius 2 is 2.00 bits per heavy atom.